The Labute approximate surface area is 115 Å². The monoisotopic (exact) mass is 296 g/mol. The van der Waals surface area contributed by atoms with Crippen LogP contribution in [0.1, 0.15) is 68.8 Å². The lowest BCUT2D eigenvalue weighted by Gasteiger charge is -2.14. The lowest BCUT2D eigenvalue weighted by atomic mass is 9.96. The fraction of sp³-hybridized carbons (Fsp3) is 0.625. The minimum atomic E-state index is 0.510. The lowest BCUT2D eigenvalue weighted by Crippen LogP contribution is -1.96. The Hall–Kier alpha value is -0.300. The molecule has 0 N–H and O–H groups in total. The average molecular weight is 297 g/mol. The predicted molar refractivity (Wildman–Crippen MR) is 80.9 cm³/mol. The second-order valence-electron chi connectivity index (χ2n) is 5.41. The van der Waals surface area contributed by atoms with Crippen molar-refractivity contribution < 1.29 is 0 Å². The van der Waals surface area contributed by atoms with Crippen molar-refractivity contribution in [3.8, 4) is 0 Å². The first-order valence-corrected chi connectivity index (χ1v) is 7.70. The van der Waals surface area contributed by atoms with E-state index in [0.717, 1.165) is 5.92 Å². The van der Waals surface area contributed by atoms with Crippen molar-refractivity contribution in [2.45, 2.75) is 57.7 Å². The maximum Gasteiger partial charge on any atom is 0.0395 e. The van der Waals surface area contributed by atoms with Gasteiger partial charge in [-0.05, 0) is 42.2 Å². The van der Waals surface area contributed by atoms with Gasteiger partial charge in [0.25, 0.3) is 0 Å². The van der Waals surface area contributed by atoms with E-state index >= 15 is 0 Å². The zero-order valence-electron chi connectivity index (χ0n) is 11.5. The van der Waals surface area contributed by atoms with Gasteiger partial charge < -0.3 is 0 Å². The van der Waals surface area contributed by atoms with Gasteiger partial charge >= 0.3 is 0 Å². The largest absolute Gasteiger partial charge is 0.0839 e. The maximum atomic E-state index is 3.79. The van der Waals surface area contributed by atoms with Gasteiger partial charge in [-0.3, -0.25) is 0 Å². The standard InChI is InChI=1S/C16H25Br/c1-5-13(4)14-7-9-15(10-8-14)16(17)11-6-12(2)3/h7-10,12-13,16H,5-6,11H2,1-4H3. The van der Waals surface area contributed by atoms with Crippen LogP contribution in [-0.4, -0.2) is 0 Å². The molecule has 0 aromatic heterocycles. The second kappa shape index (κ2) is 7.20. The Kier molecular flexibility index (Phi) is 6.26. The molecule has 0 nitrogen and oxygen atoms in total. The van der Waals surface area contributed by atoms with Crippen LogP contribution >= 0.6 is 15.9 Å². The van der Waals surface area contributed by atoms with Gasteiger partial charge in [0.1, 0.15) is 0 Å². The summed E-state index contributed by atoms with van der Waals surface area (Å²) in [5.74, 6) is 1.46. The molecule has 0 aliphatic heterocycles. The molecular weight excluding hydrogens is 272 g/mol. The Morgan fingerprint density at radius 3 is 1.94 bits per heavy atom. The molecule has 0 aliphatic carbocycles. The Morgan fingerprint density at radius 2 is 1.47 bits per heavy atom. The minimum Gasteiger partial charge on any atom is -0.0839 e. The highest BCUT2D eigenvalue weighted by atomic mass is 79.9. The molecule has 0 fully saturated rings. The maximum absolute atomic E-state index is 3.79. The Morgan fingerprint density at radius 1 is 0.941 bits per heavy atom. The van der Waals surface area contributed by atoms with E-state index in [-0.39, 0.29) is 0 Å². The highest BCUT2D eigenvalue weighted by Gasteiger charge is 2.09. The van der Waals surface area contributed by atoms with Gasteiger partial charge in [0, 0.05) is 4.83 Å². The predicted octanol–water partition coefficient (Wildman–Crippen LogP) is 6.07. The van der Waals surface area contributed by atoms with Crippen LogP contribution in [0.4, 0.5) is 0 Å². The molecule has 2 atom stereocenters. The van der Waals surface area contributed by atoms with E-state index in [9.17, 15) is 0 Å². The number of halogens is 1. The first-order valence-electron chi connectivity index (χ1n) is 6.78. The third-order valence-electron chi connectivity index (χ3n) is 3.48. The van der Waals surface area contributed by atoms with Crippen LogP contribution in [0.2, 0.25) is 0 Å². The van der Waals surface area contributed by atoms with E-state index in [1.807, 2.05) is 0 Å². The molecule has 0 heterocycles. The third-order valence-corrected chi connectivity index (χ3v) is 4.46. The Bertz CT molecular complexity index is 313. The highest BCUT2D eigenvalue weighted by Crippen LogP contribution is 2.30. The molecule has 0 saturated carbocycles. The highest BCUT2D eigenvalue weighted by molar-refractivity contribution is 9.09. The number of hydrogen-bond acceptors (Lipinski definition) is 0. The number of rotatable bonds is 6. The summed E-state index contributed by atoms with van der Waals surface area (Å²) in [5, 5.41) is 0. The normalized spacial score (nSPS) is 14.9. The van der Waals surface area contributed by atoms with Gasteiger partial charge in [0.2, 0.25) is 0 Å². The van der Waals surface area contributed by atoms with Gasteiger partial charge in [-0.2, -0.15) is 0 Å². The summed E-state index contributed by atoms with van der Waals surface area (Å²) < 4.78 is 0. The van der Waals surface area contributed by atoms with E-state index in [1.165, 1.54) is 30.4 Å². The number of benzene rings is 1. The second-order valence-corrected chi connectivity index (χ2v) is 6.52. The van der Waals surface area contributed by atoms with Crippen molar-refractivity contribution in [3.05, 3.63) is 35.4 Å². The molecule has 2 unspecified atom stereocenters. The van der Waals surface area contributed by atoms with Gasteiger partial charge in [-0.15, -0.1) is 0 Å². The topological polar surface area (TPSA) is 0 Å². The number of alkyl halides is 1. The molecular formula is C16H25Br. The van der Waals surface area contributed by atoms with E-state index < -0.39 is 0 Å². The Balaban J connectivity index is 2.60. The fourth-order valence-corrected chi connectivity index (χ4v) is 2.48. The first kappa shape index (κ1) is 14.8. The summed E-state index contributed by atoms with van der Waals surface area (Å²) >= 11 is 3.79. The van der Waals surface area contributed by atoms with Gasteiger partial charge in [0.15, 0.2) is 0 Å². The van der Waals surface area contributed by atoms with Crippen molar-refractivity contribution in [2.24, 2.45) is 5.92 Å². The van der Waals surface area contributed by atoms with Crippen LogP contribution in [0.25, 0.3) is 0 Å². The molecule has 1 aromatic carbocycles. The smallest absolute Gasteiger partial charge is 0.0395 e. The van der Waals surface area contributed by atoms with Gasteiger partial charge in [0.05, 0.1) is 0 Å². The van der Waals surface area contributed by atoms with Crippen LogP contribution in [0.3, 0.4) is 0 Å². The SMILES string of the molecule is CCC(C)c1ccc(C(Br)CCC(C)C)cc1. The molecule has 0 spiro atoms. The van der Waals surface area contributed by atoms with E-state index in [2.05, 4.69) is 67.9 Å². The van der Waals surface area contributed by atoms with E-state index in [0.29, 0.717) is 10.7 Å². The molecule has 0 bridgehead atoms. The van der Waals surface area contributed by atoms with Crippen LogP contribution in [-0.2, 0) is 0 Å². The zero-order valence-corrected chi connectivity index (χ0v) is 13.1. The molecule has 0 radical (unpaired) electrons. The fourth-order valence-electron chi connectivity index (χ4n) is 1.92. The molecule has 17 heavy (non-hydrogen) atoms. The molecule has 0 aliphatic rings. The van der Waals surface area contributed by atoms with Gasteiger partial charge in [-0.1, -0.05) is 67.9 Å². The van der Waals surface area contributed by atoms with Crippen molar-refractivity contribution in [1.82, 2.24) is 0 Å². The summed E-state index contributed by atoms with van der Waals surface area (Å²) in [6.07, 6.45) is 3.72. The first-order chi connectivity index (χ1) is 8.04. The summed E-state index contributed by atoms with van der Waals surface area (Å²) in [7, 11) is 0. The lowest BCUT2D eigenvalue weighted by molar-refractivity contribution is 0.554. The van der Waals surface area contributed by atoms with Crippen LogP contribution in [0.15, 0.2) is 24.3 Å². The van der Waals surface area contributed by atoms with Crippen molar-refractivity contribution in [2.75, 3.05) is 0 Å². The molecule has 1 rings (SSSR count). The van der Waals surface area contributed by atoms with Crippen molar-refractivity contribution in [1.29, 1.82) is 0 Å². The van der Waals surface area contributed by atoms with Crippen LogP contribution in [0.5, 0.6) is 0 Å². The average Bonchev–Trinajstić information content (AvgIpc) is 2.35. The van der Waals surface area contributed by atoms with E-state index in [4.69, 9.17) is 0 Å². The zero-order chi connectivity index (χ0) is 12.8. The van der Waals surface area contributed by atoms with Crippen molar-refractivity contribution in [3.63, 3.8) is 0 Å². The molecule has 0 saturated heterocycles. The quantitative estimate of drug-likeness (QED) is 0.559. The summed E-state index contributed by atoms with van der Waals surface area (Å²) in [6.45, 7) is 9.10. The summed E-state index contributed by atoms with van der Waals surface area (Å²) in [4.78, 5) is 0.510. The van der Waals surface area contributed by atoms with Crippen LogP contribution in [0, 0.1) is 5.92 Å². The third kappa shape index (κ3) is 4.83. The minimum absolute atomic E-state index is 0.510. The molecule has 1 heteroatoms. The number of hydrogen-bond donors (Lipinski definition) is 0. The summed E-state index contributed by atoms with van der Waals surface area (Å²) in [5.41, 5.74) is 2.87. The van der Waals surface area contributed by atoms with Crippen LogP contribution < -0.4 is 0 Å². The molecule has 96 valence electrons. The van der Waals surface area contributed by atoms with E-state index in [1.54, 1.807) is 0 Å². The molecule has 1 aromatic rings. The van der Waals surface area contributed by atoms with Gasteiger partial charge in [-0.25, -0.2) is 0 Å². The van der Waals surface area contributed by atoms with Crippen molar-refractivity contribution >= 4 is 15.9 Å². The molecule has 0 amide bonds. The summed E-state index contributed by atoms with van der Waals surface area (Å²) in [6, 6.07) is 9.13.